The van der Waals surface area contributed by atoms with Crippen molar-refractivity contribution in [2.24, 2.45) is 57.3 Å². The molecule has 6 atom stereocenters. The van der Waals surface area contributed by atoms with Gasteiger partial charge in [0.15, 0.2) is 0 Å². The van der Waals surface area contributed by atoms with Crippen LogP contribution in [0, 0.1) is 47.3 Å². The third-order valence-electron chi connectivity index (χ3n) is 25.6. The van der Waals surface area contributed by atoms with Crippen LogP contribution in [0.2, 0.25) is 0 Å². The monoisotopic (exact) mass is 1410 g/mol. The predicted molar refractivity (Wildman–Crippen MR) is 412 cm³/mol. The Morgan fingerprint density at radius 2 is 0.521 bits per heavy atom. The molecule has 0 bridgehead atoms. The van der Waals surface area contributed by atoms with Gasteiger partial charge >= 0.3 is 41.5 Å². The van der Waals surface area contributed by atoms with E-state index in [1.165, 1.54) is 416 Å². The molecule has 94 heavy (non-hydrogen) atoms. The van der Waals surface area contributed by atoms with Gasteiger partial charge in [0.2, 0.25) is 0 Å². The van der Waals surface area contributed by atoms with Crippen LogP contribution in [0.25, 0.3) is 5.32 Å². The van der Waals surface area contributed by atoms with Crippen LogP contribution in [0.3, 0.4) is 0 Å². The predicted octanol–water partition coefficient (Wildman–Crippen LogP) is 29.2. The van der Waals surface area contributed by atoms with Gasteiger partial charge in [-0.1, -0.05) is 392 Å². The number of ether oxygens (including phenoxy) is 2. The first-order chi connectivity index (χ1) is 46.2. The average Bonchev–Trinajstić information content (AvgIpc) is 0.810. The summed E-state index contributed by atoms with van der Waals surface area (Å²) in [6.45, 7) is 11.4. The van der Waals surface area contributed by atoms with E-state index < -0.39 is 11.4 Å². The molecule has 0 aromatic heterocycles. The summed E-state index contributed by atoms with van der Waals surface area (Å²) in [4.78, 5) is 11.8. The minimum absolute atomic E-state index is 0.252. The van der Waals surface area contributed by atoms with E-state index in [1.807, 2.05) is 0 Å². The number of hydrogen-bond acceptors (Lipinski definition) is 4. The third kappa shape index (κ3) is 35.2. The Morgan fingerprint density at radius 1 is 0.309 bits per heavy atom. The van der Waals surface area contributed by atoms with E-state index in [1.54, 1.807) is 0 Å². The van der Waals surface area contributed by atoms with Crippen LogP contribution in [0.5, 0.6) is 0 Å². The molecule has 0 aromatic rings. The van der Waals surface area contributed by atoms with E-state index in [0.717, 1.165) is 36.9 Å². The molecule has 0 amide bonds. The summed E-state index contributed by atoms with van der Waals surface area (Å²) in [7, 11) is 14.8. The SMILES string of the molecule is CCCCCCCCCCCCCCCCCCCCOC1C(C2CCCCC2)CC(N=C(C)C2CCCC(C(C)=NC3CC(C4CCCCC4)C(OCCCCCCCCCCCCCCCCCCCC)C(C4CCCCC4)C3)[N-]2)CC1C1CCCCC1.[Cl][Cr+]([Cl])[Cl]. The molecule has 6 aliphatic carbocycles. The minimum atomic E-state index is -1.62. The van der Waals surface area contributed by atoms with Gasteiger partial charge in [-0.15, -0.1) is 0 Å². The van der Waals surface area contributed by atoms with Crippen molar-refractivity contribution >= 4 is 41.6 Å². The number of nitrogens with zero attached hydrogens (tertiary/aromatic N) is 3. The first-order valence-electron chi connectivity index (χ1n) is 43.0. The topological polar surface area (TPSA) is 57.3 Å². The number of halogens is 3. The average molecular weight is 1410 g/mol. The summed E-state index contributed by atoms with van der Waals surface area (Å²) in [5.74, 6) is 6.01. The Hall–Kier alpha value is 0.622. The number of aliphatic imine (C=N–C) groups is 2. The second-order valence-corrected chi connectivity index (χ2v) is 39.3. The van der Waals surface area contributed by atoms with E-state index in [0.29, 0.717) is 48.0 Å². The summed E-state index contributed by atoms with van der Waals surface area (Å²) in [5.41, 5.74) is 2.70. The molecule has 7 aliphatic rings. The molecular weight excluding hydrogens is 1250 g/mol. The quantitative estimate of drug-likeness (QED) is 0.0450. The molecule has 1 saturated heterocycles. The molecule has 6 saturated carbocycles. The maximum absolute atomic E-state index is 7.38. The normalized spacial score (nSPS) is 27.7. The van der Waals surface area contributed by atoms with Crippen LogP contribution < -0.4 is 0 Å². The third-order valence-corrected chi connectivity index (χ3v) is 25.6. The van der Waals surface area contributed by atoms with Gasteiger partial charge in [-0.25, -0.2) is 0 Å². The van der Waals surface area contributed by atoms with Gasteiger partial charge < -0.3 is 14.8 Å². The van der Waals surface area contributed by atoms with Crippen molar-refractivity contribution in [3.8, 4) is 0 Å². The molecule has 1 aliphatic heterocycles. The fourth-order valence-corrected chi connectivity index (χ4v) is 20.1. The molecule has 0 aromatic carbocycles. The van der Waals surface area contributed by atoms with Gasteiger partial charge in [0.05, 0.1) is 24.3 Å². The summed E-state index contributed by atoms with van der Waals surface area (Å²) < 4.78 is 14.8. The van der Waals surface area contributed by atoms with Crippen LogP contribution >= 0.6 is 30.1 Å². The van der Waals surface area contributed by atoms with Crippen molar-refractivity contribution in [3.63, 3.8) is 0 Å². The molecule has 7 fully saturated rings. The standard InChI is InChI=1S/C85H156N3O2.3ClH.Cr/c1-5-7-9-11-13-15-17-19-21-23-25-27-29-31-33-35-37-51-64-89-84-78(72-54-43-39-44-55-72)66-76(67-79(84)73-56-45-40-46-57-73)86-70(3)82-62-53-63-83(88-82)71(4)87-77-68-80(74-58-47-41-48-59-74)85(81(69-77)75-60-49-42-50-61-75)90-65-52-38-36-34-32-30-28-26-24-22-20-18-16-14-12-10-8-6-2;;;;/h72-85H,5-69H2,1-4H3;3*1H;/q-1;;;;+4/p-3. The van der Waals surface area contributed by atoms with Crippen molar-refractivity contribution in [2.45, 2.75) is 469 Å². The molecule has 6 unspecified atom stereocenters. The summed E-state index contributed by atoms with van der Waals surface area (Å²) in [5, 5.41) is 5.79. The first-order valence-corrected chi connectivity index (χ1v) is 48.3. The Balaban J connectivity index is 0.00000340. The van der Waals surface area contributed by atoms with Gasteiger partial charge in [-0.2, -0.15) is 0 Å². The van der Waals surface area contributed by atoms with Crippen molar-refractivity contribution in [2.75, 3.05) is 13.2 Å². The molecular formula is C85H156Cl3CrN3O2. The van der Waals surface area contributed by atoms with Gasteiger partial charge in [0, 0.05) is 13.2 Å². The summed E-state index contributed by atoms with van der Waals surface area (Å²) >= 11 is -1.62. The fraction of sp³-hybridized carbons (Fsp3) is 0.976. The second kappa shape index (κ2) is 54.3. The second-order valence-electron chi connectivity index (χ2n) is 33.0. The van der Waals surface area contributed by atoms with Crippen LogP contribution in [0.15, 0.2) is 9.98 Å². The number of piperidine rings is 1. The zero-order valence-electron chi connectivity index (χ0n) is 62.7. The zero-order valence-corrected chi connectivity index (χ0v) is 66.3. The van der Waals surface area contributed by atoms with Crippen molar-refractivity contribution < 1.29 is 20.9 Å². The Bertz CT molecular complexity index is 1650. The van der Waals surface area contributed by atoms with Crippen molar-refractivity contribution in [3.05, 3.63) is 5.32 Å². The molecule has 7 rings (SSSR count). The molecule has 5 nitrogen and oxygen atoms in total. The van der Waals surface area contributed by atoms with Crippen LogP contribution in [-0.2, 0) is 20.9 Å². The molecule has 0 spiro atoms. The van der Waals surface area contributed by atoms with Crippen LogP contribution in [0.4, 0.5) is 0 Å². The summed E-state index contributed by atoms with van der Waals surface area (Å²) in [6.07, 6.45) is 89.6. The molecule has 1 heterocycles. The summed E-state index contributed by atoms with van der Waals surface area (Å²) in [6, 6.07) is 1.37. The van der Waals surface area contributed by atoms with E-state index in [2.05, 4.69) is 27.7 Å². The maximum atomic E-state index is 7.38. The number of rotatable bonds is 48. The van der Waals surface area contributed by atoms with E-state index in [4.69, 9.17) is 54.9 Å². The molecule has 550 valence electrons. The zero-order chi connectivity index (χ0) is 66.3. The van der Waals surface area contributed by atoms with Crippen LogP contribution in [0.1, 0.15) is 432 Å². The first kappa shape index (κ1) is 83.6. The Kier molecular flexibility index (Phi) is 48.3. The molecule has 0 N–H and O–H groups in total. The number of unbranched alkanes of at least 4 members (excludes halogenated alkanes) is 34. The van der Waals surface area contributed by atoms with E-state index in [-0.39, 0.29) is 12.1 Å². The van der Waals surface area contributed by atoms with E-state index >= 15 is 0 Å². The van der Waals surface area contributed by atoms with Crippen molar-refractivity contribution in [1.82, 2.24) is 0 Å². The number of hydrogen-bond donors (Lipinski definition) is 0. The van der Waals surface area contributed by atoms with E-state index in [9.17, 15) is 0 Å². The fourth-order valence-electron chi connectivity index (χ4n) is 20.1. The van der Waals surface area contributed by atoms with Gasteiger partial charge in [0.25, 0.3) is 0 Å². The van der Waals surface area contributed by atoms with Gasteiger partial charge in [0.1, 0.15) is 0 Å². The van der Waals surface area contributed by atoms with Crippen LogP contribution in [-0.4, -0.2) is 61.0 Å². The Morgan fingerprint density at radius 3 is 0.745 bits per heavy atom. The molecule has 0 radical (unpaired) electrons. The van der Waals surface area contributed by atoms with Gasteiger partial charge in [-0.3, -0.25) is 9.98 Å². The van der Waals surface area contributed by atoms with Crippen molar-refractivity contribution in [1.29, 1.82) is 0 Å². The van der Waals surface area contributed by atoms with Gasteiger partial charge in [-0.05, 0) is 111 Å². The Labute approximate surface area is 602 Å². The molecule has 9 heteroatoms.